The second-order valence-electron chi connectivity index (χ2n) is 3.86. The highest BCUT2D eigenvalue weighted by Gasteiger charge is 2.08. The maximum absolute atomic E-state index is 11.4. The van der Waals surface area contributed by atoms with E-state index in [4.69, 9.17) is 4.42 Å². The van der Waals surface area contributed by atoms with Crippen LogP contribution in [0, 0.1) is 6.92 Å². The molecule has 4 nitrogen and oxygen atoms in total. The normalized spacial score (nSPS) is 11.2. The summed E-state index contributed by atoms with van der Waals surface area (Å²) in [7, 11) is 1.70. The molecule has 0 bridgehead atoms. The molecule has 0 atom stereocenters. The van der Waals surface area contributed by atoms with Crippen molar-refractivity contribution in [3.63, 3.8) is 0 Å². The van der Waals surface area contributed by atoms with E-state index in [0.717, 1.165) is 21.8 Å². The van der Waals surface area contributed by atoms with Gasteiger partial charge in [0.2, 0.25) is 0 Å². The first-order chi connectivity index (χ1) is 8.15. The Morgan fingerprint density at radius 1 is 1.41 bits per heavy atom. The topological polar surface area (TPSA) is 48.0 Å². The SMILES string of the molecule is Cc1nc(-c2ccc3oc(=O)n(C)c3c2)cs1. The van der Waals surface area contributed by atoms with Gasteiger partial charge in [0.15, 0.2) is 5.58 Å². The zero-order chi connectivity index (χ0) is 12.0. The predicted molar refractivity (Wildman–Crippen MR) is 67.3 cm³/mol. The number of rotatable bonds is 1. The number of thiazole rings is 1. The van der Waals surface area contributed by atoms with Crippen LogP contribution in [-0.4, -0.2) is 9.55 Å². The van der Waals surface area contributed by atoms with Gasteiger partial charge in [-0.05, 0) is 25.1 Å². The van der Waals surface area contributed by atoms with Crippen LogP contribution in [0.4, 0.5) is 0 Å². The molecule has 0 aliphatic carbocycles. The van der Waals surface area contributed by atoms with Crippen molar-refractivity contribution in [2.75, 3.05) is 0 Å². The van der Waals surface area contributed by atoms with E-state index in [-0.39, 0.29) is 5.76 Å². The molecule has 17 heavy (non-hydrogen) atoms. The Kier molecular flexibility index (Phi) is 2.16. The maximum Gasteiger partial charge on any atom is 0.419 e. The summed E-state index contributed by atoms with van der Waals surface area (Å²) >= 11 is 1.61. The number of fused-ring (bicyclic) bond motifs is 1. The second-order valence-corrected chi connectivity index (χ2v) is 4.92. The summed E-state index contributed by atoms with van der Waals surface area (Å²) in [5, 5.41) is 3.04. The third-order valence-electron chi connectivity index (χ3n) is 2.71. The molecule has 0 fully saturated rings. The maximum atomic E-state index is 11.4. The fourth-order valence-electron chi connectivity index (χ4n) is 1.78. The lowest BCUT2D eigenvalue weighted by Crippen LogP contribution is -2.08. The van der Waals surface area contributed by atoms with Crippen molar-refractivity contribution in [1.29, 1.82) is 0 Å². The van der Waals surface area contributed by atoms with Gasteiger partial charge < -0.3 is 4.42 Å². The summed E-state index contributed by atoms with van der Waals surface area (Å²) in [4.78, 5) is 15.8. The fourth-order valence-corrected chi connectivity index (χ4v) is 2.40. The first-order valence-electron chi connectivity index (χ1n) is 5.17. The van der Waals surface area contributed by atoms with E-state index in [1.54, 1.807) is 24.5 Å². The van der Waals surface area contributed by atoms with E-state index in [9.17, 15) is 4.79 Å². The first-order valence-corrected chi connectivity index (χ1v) is 6.05. The van der Waals surface area contributed by atoms with Gasteiger partial charge >= 0.3 is 5.76 Å². The number of aryl methyl sites for hydroxylation is 2. The molecular weight excluding hydrogens is 236 g/mol. The van der Waals surface area contributed by atoms with Crippen molar-refractivity contribution in [2.45, 2.75) is 6.92 Å². The third-order valence-corrected chi connectivity index (χ3v) is 3.48. The van der Waals surface area contributed by atoms with Crippen LogP contribution in [-0.2, 0) is 7.05 Å². The van der Waals surface area contributed by atoms with Gasteiger partial charge in [0.05, 0.1) is 16.2 Å². The van der Waals surface area contributed by atoms with E-state index in [0.29, 0.717) is 5.58 Å². The lowest BCUT2D eigenvalue weighted by Gasteiger charge is -1.97. The van der Waals surface area contributed by atoms with E-state index in [2.05, 4.69) is 4.98 Å². The number of aromatic nitrogens is 2. The van der Waals surface area contributed by atoms with Crippen LogP contribution >= 0.6 is 11.3 Å². The minimum atomic E-state index is -0.341. The molecule has 2 aromatic heterocycles. The van der Waals surface area contributed by atoms with Crippen LogP contribution in [0.25, 0.3) is 22.4 Å². The minimum absolute atomic E-state index is 0.341. The molecule has 0 radical (unpaired) electrons. The average Bonchev–Trinajstić information content (AvgIpc) is 2.85. The van der Waals surface area contributed by atoms with Crippen LogP contribution in [0.2, 0.25) is 0 Å². The number of hydrogen-bond acceptors (Lipinski definition) is 4. The monoisotopic (exact) mass is 246 g/mol. The van der Waals surface area contributed by atoms with Crippen molar-refractivity contribution >= 4 is 22.4 Å². The molecule has 0 aliphatic heterocycles. The van der Waals surface area contributed by atoms with Crippen molar-refractivity contribution in [2.24, 2.45) is 7.05 Å². The number of hydrogen-bond donors (Lipinski definition) is 0. The van der Waals surface area contributed by atoms with Crippen LogP contribution in [0.15, 0.2) is 32.8 Å². The van der Waals surface area contributed by atoms with E-state index < -0.39 is 0 Å². The Labute approximate surface area is 101 Å². The first kappa shape index (κ1) is 10.3. The van der Waals surface area contributed by atoms with Crippen molar-refractivity contribution in [3.8, 4) is 11.3 Å². The van der Waals surface area contributed by atoms with Gasteiger partial charge in [-0.25, -0.2) is 9.78 Å². The van der Waals surface area contributed by atoms with Crippen LogP contribution < -0.4 is 5.76 Å². The summed E-state index contributed by atoms with van der Waals surface area (Å²) in [5.41, 5.74) is 3.33. The number of benzene rings is 1. The quantitative estimate of drug-likeness (QED) is 0.663. The molecular formula is C12H10N2O2S. The van der Waals surface area contributed by atoms with Gasteiger partial charge in [0.1, 0.15) is 0 Å². The van der Waals surface area contributed by atoms with Gasteiger partial charge in [0.25, 0.3) is 0 Å². The Bertz CT molecular complexity index is 751. The highest BCUT2D eigenvalue weighted by molar-refractivity contribution is 7.09. The summed E-state index contributed by atoms with van der Waals surface area (Å²) < 4.78 is 6.58. The smallest absolute Gasteiger partial charge is 0.408 e. The van der Waals surface area contributed by atoms with Crippen molar-refractivity contribution in [3.05, 3.63) is 39.1 Å². The molecule has 0 aliphatic rings. The second kappa shape index (κ2) is 3.56. The summed E-state index contributed by atoms with van der Waals surface area (Å²) in [6, 6.07) is 5.65. The van der Waals surface area contributed by atoms with E-state index in [1.807, 2.05) is 24.4 Å². The average molecular weight is 246 g/mol. The molecule has 3 rings (SSSR count). The summed E-state index contributed by atoms with van der Waals surface area (Å²) in [5.74, 6) is -0.341. The van der Waals surface area contributed by atoms with E-state index >= 15 is 0 Å². The Balaban J connectivity index is 2.25. The third kappa shape index (κ3) is 1.59. The Morgan fingerprint density at radius 2 is 2.24 bits per heavy atom. The Hall–Kier alpha value is -1.88. The zero-order valence-electron chi connectivity index (χ0n) is 9.43. The van der Waals surface area contributed by atoms with Gasteiger partial charge in [-0.3, -0.25) is 4.57 Å². The molecule has 0 N–H and O–H groups in total. The molecule has 5 heteroatoms. The molecule has 3 aromatic rings. The summed E-state index contributed by atoms with van der Waals surface area (Å²) in [6.45, 7) is 1.97. The minimum Gasteiger partial charge on any atom is -0.408 e. The molecule has 86 valence electrons. The zero-order valence-corrected chi connectivity index (χ0v) is 10.2. The fraction of sp³-hybridized carbons (Fsp3) is 0.167. The highest BCUT2D eigenvalue weighted by atomic mass is 32.1. The highest BCUT2D eigenvalue weighted by Crippen LogP contribution is 2.24. The Morgan fingerprint density at radius 3 is 2.94 bits per heavy atom. The molecule has 0 saturated heterocycles. The lowest BCUT2D eigenvalue weighted by molar-refractivity contribution is 0.528. The van der Waals surface area contributed by atoms with Crippen LogP contribution in [0.3, 0.4) is 0 Å². The summed E-state index contributed by atoms with van der Waals surface area (Å²) in [6.07, 6.45) is 0. The predicted octanol–water partition coefficient (Wildman–Crippen LogP) is 2.56. The molecule has 1 aromatic carbocycles. The largest absolute Gasteiger partial charge is 0.419 e. The lowest BCUT2D eigenvalue weighted by atomic mass is 10.1. The van der Waals surface area contributed by atoms with Crippen LogP contribution in [0.1, 0.15) is 5.01 Å². The molecule has 2 heterocycles. The van der Waals surface area contributed by atoms with Crippen molar-refractivity contribution in [1.82, 2.24) is 9.55 Å². The molecule has 0 saturated carbocycles. The van der Waals surface area contributed by atoms with E-state index in [1.165, 1.54) is 4.57 Å². The standard InChI is InChI=1S/C12H10N2O2S/c1-7-13-9(6-17-7)8-3-4-11-10(5-8)14(2)12(15)16-11/h3-6H,1-2H3. The van der Waals surface area contributed by atoms with Gasteiger partial charge in [-0.15, -0.1) is 11.3 Å². The van der Waals surface area contributed by atoms with Crippen LogP contribution in [0.5, 0.6) is 0 Å². The van der Waals surface area contributed by atoms with Crippen molar-refractivity contribution < 1.29 is 4.42 Å². The number of nitrogens with zero attached hydrogens (tertiary/aromatic N) is 2. The molecule has 0 spiro atoms. The van der Waals surface area contributed by atoms with Gasteiger partial charge in [-0.2, -0.15) is 0 Å². The molecule has 0 amide bonds. The molecule has 0 unspecified atom stereocenters. The number of oxazole rings is 1. The van der Waals surface area contributed by atoms with Gasteiger partial charge in [-0.1, -0.05) is 0 Å². The van der Waals surface area contributed by atoms with Gasteiger partial charge in [0, 0.05) is 18.0 Å².